The number of nitrogens with two attached hydrogens (primary N) is 1. The minimum absolute atomic E-state index is 0.199. The summed E-state index contributed by atoms with van der Waals surface area (Å²) in [6, 6.07) is 5.40. The van der Waals surface area contributed by atoms with Crippen LogP contribution in [0.25, 0.3) is 0 Å². The lowest BCUT2D eigenvalue weighted by molar-refractivity contribution is -0.157. The highest BCUT2D eigenvalue weighted by Gasteiger charge is 2.26. The van der Waals surface area contributed by atoms with Gasteiger partial charge in [-0.1, -0.05) is 0 Å². The van der Waals surface area contributed by atoms with Crippen molar-refractivity contribution >= 4 is 5.97 Å². The number of hydrogen-bond acceptors (Lipinski definition) is 5. The Morgan fingerprint density at radius 1 is 1.16 bits per heavy atom. The normalized spacial score (nSPS) is 11.0. The fourth-order valence-corrected chi connectivity index (χ4v) is 1.67. The van der Waals surface area contributed by atoms with Crippen LogP contribution in [0.15, 0.2) is 18.2 Å². The molecule has 2 N–H and O–H groups in total. The average molecular weight is 267 g/mol. The Kier molecular flexibility index (Phi) is 5.18. The number of carbonyl (C=O) groups is 1. The maximum absolute atomic E-state index is 11.6. The maximum Gasteiger partial charge on any atom is 0.307 e. The van der Waals surface area contributed by atoms with Crippen LogP contribution in [-0.2, 0) is 15.1 Å². The number of ether oxygens (including phenoxy) is 3. The molecule has 106 valence electrons. The average Bonchev–Trinajstić information content (AvgIpc) is 2.37. The molecule has 0 atom stereocenters. The second kappa shape index (κ2) is 6.43. The SMILES string of the molecule is COc1cc(OC)cc(C(C)(C)OC(=O)CCN)c1. The lowest BCUT2D eigenvalue weighted by Crippen LogP contribution is -2.26. The van der Waals surface area contributed by atoms with Gasteiger partial charge in [-0.15, -0.1) is 0 Å². The van der Waals surface area contributed by atoms with Crippen LogP contribution in [0.3, 0.4) is 0 Å². The zero-order valence-corrected chi connectivity index (χ0v) is 11.9. The quantitative estimate of drug-likeness (QED) is 0.796. The Bertz CT molecular complexity index is 421. The molecule has 0 spiro atoms. The molecule has 1 aromatic rings. The van der Waals surface area contributed by atoms with Gasteiger partial charge in [0.15, 0.2) is 0 Å². The third-order valence-corrected chi connectivity index (χ3v) is 2.76. The number of rotatable bonds is 6. The summed E-state index contributed by atoms with van der Waals surface area (Å²) < 4.78 is 15.8. The lowest BCUT2D eigenvalue weighted by Gasteiger charge is -2.26. The van der Waals surface area contributed by atoms with Gasteiger partial charge >= 0.3 is 5.97 Å². The van der Waals surface area contributed by atoms with E-state index in [1.165, 1.54) is 0 Å². The Morgan fingerprint density at radius 2 is 1.68 bits per heavy atom. The van der Waals surface area contributed by atoms with Crippen LogP contribution < -0.4 is 15.2 Å². The van der Waals surface area contributed by atoms with Crippen LogP contribution >= 0.6 is 0 Å². The van der Waals surface area contributed by atoms with Crippen molar-refractivity contribution in [3.63, 3.8) is 0 Å². The van der Waals surface area contributed by atoms with E-state index in [0.717, 1.165) is 5.56 Å². The Labute approximate surface area is 113 Å². The minimum atomic E-state index is -0.770. The maximum atomic E-state index is 11.6. The van der Waals surface area contributed by atoms with E-state index in [9.17, 15) is 4.79 Å². The van der Waals surface area contributed by atoms with Crippen LogP contribution in [0.4, 0.5) is 0 Å². The number of esters is 1. The highest BCUT2D eigenvalue weighted by molar-refractivity contribution is 5.70. The van der Waals surface area contributed by atoms with E-state index < -0.39 is 5.60 Å². The van der Waals surface area contributed by atoms with Crippen molar-refractivity contribution in [3.8, 4) is 11.5 Å². The summed E-state index contributed by atoms with van der Waals surface area (Å²) in [6.07, 6.45) is 0.199. The molecule has 0 radical (unpaired) electrons. The van der Waals surface area contributed by atoms with Crippen molar-refractivity contribution in [1.82, 2.24) is 0 Å². The van der Waals surface area contributed by atoms with Gasteiger partial charge in [-0.05, 0) is 26.0 Å². The molecule has 0 unspecified atom stereocenters. The van der Waals surface area contributed by atoms with Gasteiger partial charge in [0.1, 0.15) is 17.1 Å². The smallest absolute Gasteiger partial charge is 0.307 e. The molecule has 0 saturated heterocycles. The van der Waals surface area contributed by atoms with Crippen molar-refractivity contribution in [1.29, 1.82) is 0 Å². The van der Waals surface area contributed by atoms with Gasteiger partial charge in [-0.2, -0.15) is 0 Å². The number of methoxy groups -OCH3 is 2. The van der Waals surface area contributed by atoms with Crippen LogP contribution in [0.5, 0.6) is 11.5 Å². The first-order chi connectivity index (χ1) is 8.92. The summed E-state index contributed by atoms with van der Waals surface area (Å²) >= 11 is 0. The molecule has 0 saturated carbocycles. The van der Waals surface area contributed by atoms with Crippen molar-refractivity contribution in [2.24, 2.45) is 5.73 Å². The topological polar surface area (TPSA) is 70.8 Å². The summed E-state index contributed by atoms with van der Waals surface area (Å²) in [6.45, 7) is 3.90. The van der Waals surface area contributed by atoms with E-state index in [1.54, 1.807) is 20.3 Å². The first kappa shape index (κ1) is 15.3. The number of carbonyl (C=O) groups excluding carboxylic acids is 1. The van der Waals surface area contributed by atoms with Gasteiger partial charge in [0.25, 0.3) is 0 Å². The second-order valence-electron chi connectivity index (χ2n) is 4.62. The zero-order valence-electron chi connectivity index (χ0n) is 11.9. The highest BCUT2D eigenvalue weighted by atomic mass is 16.6. The second-order valence-corrected chi connectivity index (χ2v) is 4.62. The van der Waals surface area contributed by atoms with Crippen molar-refractivity contribution < 1.29 is 19.0 Å². The predicted octanol–water partition coefficient (Wildman–Crippen LogP) is 1.83. The monoisotopic (exact) mass is 267 g/mol. The summed E-state index contributed by atoms with van der Waals surface area (Å²) in [5.74, 6) is 0.976. The third-order valence-electron chi connectivity index (χ3n) is 2.76. The van der Waals surface area contributed by atoms with Gasteiger partial charge in [0.2, 0.25) is 0 Å². The molecule has 0 amide bonds. The molecule has 0 aliphatic rings. The lowest BCUT2D eigenvalue weighted by atomic mass is 9.97. The van der Waals surface area contributed by atoms with E-state index in [2.05, 4.69) is 0 Å². The molecule has 1 rings (SSSR count). The van der Waals surface area contributed by atoms with Crippen LogP contribution in [0.1, 0.15) is 25.8 Å². The van der Waals surface area contributed by atoms with Crippen LogP contribution in [0.2, 0.25) is 0 Å². The molecular weight excluding hydrogens is 246 g/mol. The molecule has 0 bridgehead atoms. The molecule has 5 heteroatoms. The summed E-state index contributed by atoms with van der Waals surface area (Å²) in [5, 5.41) is 0. The Balaban J connectivity index is 3.02. The molecule has 0 heterocycles. The third kappa shape index (κ3) is 4.13. The first-order valence-corrected chi connectivity index (χ1v) is 6.08. The van der Waals surface area contributed by atoms with E-state index in [-0.39, 0.29) is 18.9 Å². The van der Waals surface area contributed by atoms with E-state index >= 15 is 0 Å². The van der Waals surface area contributed by atoms with Gasteiger partial charge in [0, 0.05) is 18.2 Å². The van der Waals surface area contributed by atoms with Gasteiger partial charge < -0.3 is 19.9 Å². The molecule has 19 heavy (non-hydrogen) atoms. The van der Waals surface area contributed by atoms with Crippen LogP contribution in [-0.4, -0.2) is 26.7 Å². The first-order valence-electron chi connectivity index (χ1n) is 6.08. The summed E-state index contributed by atoms with van der Waals surface area (Å²) in [7, 11) is 3.15. The molecule has 0 aliphatic heterocycles. The Hall–Kier alpha value is -1.75. The van der Waals surface area contributed by atoms with Crippen LogP contribution in [0, 0.1) is 0 Å². The summed E-state index contributed by atoms with van der Waals surface area (Å²) in [5.41, 5.74) is 5.37. The standard InChI is InChI=1S/C14H21NO4/c1-14(2,19-13(16)5-6-15)10-7-11(17-3)9-12(8-10)18-4/h7-9H,5-6,15H2,1-4H3. The van der Waals surface area contributed by atoms with E-state index in [0.29, 0.717) is 11.5 Å². The molecular formula is C14H21NO4. The van der Waals surface area contributed by atoms with Crippen molar-refractivity contribution in [3.05, 3.63) is 23.8 Å². The molecule has 0 aromatic heterocycles. The largest absolute Gasteiger partial charge is 0.497 e. The fourth-order valence-electron chi connectivity index (χ4n) is 1.67. The van der Waals surface area contributed by atoms with Gasteiger partial charge in [0.05, 0.1) is 20.6 Å². The molecule has 0 aliphatic carbocycles. The van der Waals surface area contributed by atoms with Crippen molar-refractivity contribution in [2.45, 2.75) is 25.9 Å². The van der Waals surface area contributed by atoms with Crippen molar-refractivity contribution in [2.75, 3.05) is 20.8 Å². The van der Waals surface area contributed by atoms with Gasteiger partial charge in [-0.3, -0.25) is 4.79 Å². The van der Waals surface area contributed by atoms with E-state index in [1.807, 2.05) is 26.0 Å². The highest BCUT2D eigenvalue weighted by Crippen LogP contribution is 2.32. The zero-order chi connectivity index (χ0) is 14.5. The minimum Gasteiger partial charge on any atom is -0.497 e. The molecule has 0 fully saturated rings. The Morgan fingerprint density at radius 3 is 2.11 bits per heavy atom. The predicted molar refractivity (Wildman–Crippen MR) is 72.3 cm³/mol. The molecule has 5 nitrogen and oxygen atoms in total. The molecule has 1 aromatic carbocycles. The number of benzene rings is 1. The van der Waals surface area contributed by atoms with Gasteiger partial charge in [-0.25, -0.2) is 0 Å². The number of hydrogen-bond donors (Lipinski definition) is 1. The van der Waals surface area contributed by atoms with E-state index in [4.69, 9.17) is 19.9 Å². The summed E-state index contributed by atoms with van der Waals surface area (Å²) in [4.78, 5) is 11.6. The fraction of sp³-hybridized carbons (Fsp3) is 0.500.